The molecule has 0 rings (SSSR count). The second-order valence-corrected chi connectivity index (χ2v) is 12.3. The highest BCUT2D eigenvalue weighted by Crippen LogP contribution is 2.36. The average Bonchev–Trinajstić information content (AvgIpc) is 2.92. The fraction of sp³-hybridized carbons (Fsp3) is 0.833. The number of allylic oxidation sites excluding steroid dienone is 4. The van der Waals surface area contributed by atoms with Crippen LogP contribution in [0.1, 0.15) is 175 Å². The van der Waals surface area contributed by atoms with Gasteiger partial charge in [-0.2, -0.15) is 0 Å². The van der Waals surface area contributed by atoms with E-state index in [0.29, 0.717) is 24.7 Å². The molecular weight excluding hydrogens is 496 g/mol. The molecule has 0 saturated heterocycles. The highest BCUT2D eigenvalue weighted by Gasteiger charge is 2.25. The van der Waals surface area contributed by atoms with E-state index in [4.69, 9.17) is 10.2 Å². The van der Waals surface area contributed by atoms with Gasteiger partial charge in [0.05, 0.1) is 0 Å². The summed E-state index contributed by atoms with van der Waals surface area (Å²) in [6.45, 7) is 9.50. The lowest BCUT2D eigenvalue weighted by Crippen LogP contribution is -2.21. The summed E-state index contributed by atoms with van der Waals surface area (Å²) < 4.78 is 0. The Bertz CT molecular complexity index is 666. The number of carbonyl (C=O) groups is 2. The monoisotopic (exact) mass is 562 g/mol. The Morgan fingerprint density at radius 1 is 0.600 bits per heavy atom. The van der Waals surface area contributed by atoms with Crippen LogP contribution in [0.2, 0.25) is 0 Å². The molecule has 0 aliphatic carbocycles. The molecule has 0 saturated carbocycles. The summed E-state index contributed by atoms with van der Waals surface area (Å²) in [7, 11) is 0. The third kappa shape index (κ3) is 23.2. The van der Waals surface area contributed by atoms with Gasteiger partial charge in [-0.1, -0.05) is 135 Å². The minimum Gasteiger partial charge on any atom is -0.481 e. The first-order chi connectivity index (χ1) is 19.3. The van der Waals surface area contributed by atoms with Gasteiger partial charge in [0.15, 0.2) is 0 Å². The van der Waals surface area contributed by atoms with Gasteiger partial charge in [-0.15, -0.1) is 0 Å². The quantitative estimate of drug-likeness (QED) is 0.0702. The highest BCUT2D eigenvalue weighted by molar-refractivity contribution is 5.66. The van der Waals surface area contributed by atoms with Gasteiger partial charge in [0.25, 0.3) is 0 Å². The van der Waals surface area contributed by atoms with Gasteiger partial charge in [0.2, 0.25) is 0 Å². The van der Waals surface area contributed by atoms with Gasteiger partial charge in [0, 0.05) is 12.8 Å². The summed E-state index contributed by atoms with van der Waals surface area (Å²) in [5, 5.41) is 17.8. The molecule has 4 heteroatoms. The molecule has 0 spiro atoms. The molecule has 234 valence electrons. The summed E-state index contributed by atoms with van der Waals surface area (Å²) in [5.41, 5.74) is 1.66. The van der Waals surface area contributed by atoms with E-state index in [1.807, 2.05) is 0 Å². The van der Waals surface area contributed by atoms with Crippen LogP contribution in [0.25, 0.3) is 0 Å². The number of rotatable bonds is 29. The maximum absolute atomic E-state index is 10.8. The largest absolute Gasteiger partial charge is 0.481 e. The molecule has 0 aromatic rings. The van der Waals surface area contributed by atoms with Crippen LogP contribution in [0.4, 0.5) is 0 Å². The van der Waals surface area contributed by atoms with Gasteiger partial charge in [-0.25, -0.2) is 0 Å². The van der Waals surface area contributed by atoms with E-state index in [1.165, 1.54) is 83.5 Å². The number of carboxylic acid groups (broad SMARTS) is 2. The third-order valence-electron chi connectivity index (χ3n) is 8.69. The van der Waals surface area contributed by atoms with Crippen molar-refractivity contribution >= 4 is 11.9 Å². The molecule has 3 atom stereocenters. The molecule has 3 unspecified atom stereocenters. The molecule has 40 heavy (non-hydrogen) atoms. The minimum absolute atomic E-state index is 0.293. The van der Waals surface area contributed by atoms with Gasteiger partial charge in [-0.3, -0.25) is 9.59 Å². The van der Waals surface area contributed by atoms with Crippen LogP contribution in [0.3, 0.4) is 0 Å². The lowest BCUT2D eigenvalue weighted by molar-refractivity contribution is -0.138. The molecule has 0 aromatic heterocycles. The van der Waals surface area contributed by atoms with Gasteiger partial charge in [0.1, 0.15) is 0 Å². The zero-order chi connectivity index (χ0) is 29.8. The summed E-state index contributed by atoms with van der Waals surface area (Å²) in [6.07, 6.45) is 32.3. The second-order valence-electron chi connectivity index (χ2n) is 12.3. The van der Waals surface area contributed by atoms with Crippen LogP contribution >= 0.6 is 0 Å². The summed E-state index contributed by atoms with van der Waals surface area (Å²) in [4.78, 5) is 21.6. The van der Waals surface area contributed by atoms with E-state index in [2.05, 4.69) is 45.9 Å². The summed E-state index contributed by atoms with van der Waals surface area (Å²) >= 11 is 0. The van der Waals surface area contributed by atoms with Crippen LogP contribution in [0, 0.1) is 17.8 Å². The van der Waals surface area contributed by atoms with Crippen LogP contribution in [0.15, 0.2) is 23.8 Å². The third-order valence-corrected chi connectivity index (χ3v) is 8.69. The Kier molecular flexibility index (Phi) is 26.5. The Hall–Kier alpha value is -1.58. The highest BCUT2D eigenvalue weighted by atomic mass is 16.4. The van der Waals surface area contributed by atoms with Crippen molar-refractivity contribution in [2.75, 3.05) is 0 Å². The molecule has 0 amide bonds. The Morgan fingerprint density at radius 2 is 1.10 bits per heavy atom. The number of hydrogen-bond acceptors (Lipinski definition) is 2. The average molecular weight is 563 g/mol. The van der Waals surface area contributed by atoms with Crippen molar-refractivity contribution in [3.8, 4) is 0 Å². The molecule has 2 N–H and O–H groups in total. The molecule has 0 fully saturated rings. The Labute approximate surface area is 248 Å². The van der Waals surface area contributed by atoms with Crippen molar-refractivity contribution in [3.05, 3.63) is 23.8 Å². The van der Waals surface area contributed by atoms with Gasteiger partial charge >= 0.3 is 11.9 Å². The lowest BCUT2D eigenvalue weighted by atomic mass is 9.73. The molecule has 0 aliphatic rings. The lowest BCUT2D eigenvalue weighted by Gasteiger charge is -2.32. The fourth-order valence-corrected chi connectivity index (χ4v) is 5.85. The van der Waals surface area contributed by atoms with Crippen molar-refractivity contribution in [3.63, 3.8) is 0 Å². The maximum atomic E-state index is 10.8. The number of hydrogen-bond donors (Lipinski definition) is 2. The topological polar surface area (TPSA) is 74.6 Å². The van der Waals surface area contributed by atoms with Crippen LogP contribution in [-0.4, -0.2) is 22.2 Å². The standard InChI is InChI=1S/C36H66O4/c1-5-7-9-10-11-14-20-26-33(27-21-15-12-17-23-29-35(37)38)34(32(4)31(3)25-19-8-6-2)28-22-16-13-18-24-30-36(39)40/h11,14,26,31-32,34H,5-10,12-13,15-25,27-30H2,1-4H3,(H,37,38)(H,39,40)/b14-11+,33-26-. The van der Waals surface area contributed by atoms with E-state index in [9.17, 15) is 9.59 Å². The summed E-state index contributed by atoms with van der Waals surface area (Å²) in [6, 6.07) is 0. The van der Waals surface area contributed by atoms with E-state index in [-0.39, 0.29) is 0 Å². The second kappa shape index (κ2) is 27.6. The first-order valence-electron chi connectivity index (χ1n) is 17.1. The van der Waals surface area contributed by atoms with E-state index >= 15 is 0 Å². The van der Waals surface area contributed by atoms with Gasteiger partial charge < -0.3 is 10.2 Å². The SMILES string of the molecule is CCCCC/C=C/C/C=C(/CCCCCCCC(=O)O)C(CCCCCCCC(=O)O)C(C)C(C)CCCCC. The van der Waals surface area contributed by atoms with E-state index in [1.54, 1.807) is 5.57 Å². The van der Waals surface area contributed by atoms with Gasteiger partial charge in [-0.05, 0) is 69.1 Å². The smallest absolute Gasteiger partial charge is 0.303 e. The van der Waals surface area contributed by atoms with Crippen molar-refractivity contribution in [1.82, 2.24) is 0 Å². The van der Waals surface area contributed by atoms with Crippen LogP contribution in [-0.2, 0) is 9.59 Å². The first-order valence-corrected chi connectivity index (χ1v) is 17.1. The molecular formula is C36H66O4. The zero-order valence-electron chi connectivity index (χ0n) is 26.9. The fourth-order valence-electron chi connectivity index (χ4n) is 5.85. The van der Waals surface area contributed by atoms with Crippen molar-refractivity contribution in [1.29, 1.82) is 0 Å². The van der Waals surface area contributed by atoms with E-state index < -0.39 is 11.9 Å². The number of aliphatic carboxylic acids is 2. The molecule has 0 bridgehead atoms. The maximum Gasteiger partial charge on any atom is 0.303 e. The van der Waals surface area contributed by atoms with Crippen molar-refractivity contribution in [2.24, 2.45) is 17.8 Å². The predicted molar refractivity (Wildman–Crippen MR) is 172 cm³/mol. The predicted octanol–water partition coefficient (Wildman–Crippen LogP) is 11.5. The molecule has 0 aromatic carbocycles. The first kappa shape index (κ1) is 38.4. The number of unbranched alkanes of at least 4 members (excludes halogenated alkanes) is 13. The summed E-state index contributed by atoms with van der Waals surface area (Å²) in [5.74, 6) is 0.647. The van der Waals surface area contributed by atoms with Crippen LogP contribution < -0.4 is 0 Å². The molecule has 0 aliphatic heterocycles. The van der Waals surface area contributed by atoms with Crippen molar-refractivity contribution in [2.45, 2.75) is 175 Å². The zero-order valence-corrected chi connectivity index (χ0v) is 26.9. The Balaban J connectivity index is 5.29. The van der Waals surface area contributed by atoms with Crippen molar-refractivity contribution < 1.29 is 19.8 Å². The molecule has 0 radical (unpaired) electrons. The minimum atomic E-state index is -0.681. The normalized spacial score (nSPS) is 14.4. The molecule has 4 nitrogen and oxygen atoms in total. The Morgan fingerprint density at radius 3 is 1.68 bits per heavy atom. The van der Waals surface area contributed by atoms with E-state index in [0.717, 1.165) is 57.3 Å². The molecule has 0 heterocycles. The van der Waals surface area contributed by atoms with Crippen LogP contribution in [0.5, 0.6) is 0 Å². The number of carboxylic acids is 2.